The summed E-state index contributed by atoms with van der Waals surface area (Å²) in [5.41, 5.74) is -1.25. The second-order valence-corrected chi connectivity index (χ2v) is 11.7. The molecule has 0 fully saturated rings. The molecule has 4 aromatic rings. The number of aryl methyl sites for hydroxylation is 1. The number of ether oxygens (including phenoxy) is 3. The molecule has 0 spiro atoms. The third kappa shape index (κ3) is 8.95. The van der Waals surface area contributed by atoms with Crippen LogP contribution in [0.3, 0.4) is 0 Å². The zero-order valence-electron chi connectivity index (χ0n) is 25.2. The number of nitrogens with zero attached hydrogens (tertiary/aromatic N) is 9. The van der Waals surface area contributed by atoms with Crippen molar-refractivity contribution in [2.24, 2.45) is 7.05 Å². The fourth-order valence-electron chi connectivity index (χ4n) is 3.72. The van der Waals surface area contributed by atoms with Gasteiger partial charge in [-0.2, -0.15) is 9.59 Å². The molecule has 1 atom stereocenters. The molecule has 15 nitrogen and oxygen atoms in total. The van der Waals surface area contributed by atoms with Crippen LogP contribution < -0.4 is 10.1 Å². The summed E-state index contributed by atoms with van der Waals surface area (Å²) in [5, 5.41) is 26.1. The standard InChI is InChI=1S/C27H32F2N10O5/c1-26(2,3)43-21(40)11-16(31-25(41)44-27(4,5)6)14-39-35-23(33-37-39)18-9-8-17(12-19(18)28)42-24-20(29)10-15(13-30-24)22-32-36-38(7)34-22/h8-10,12-13,16H,11,14H2,1-7H3,(H,31,41)/t16-/m0/s1. The van der Waals surface area contributed by atoms with Crippen molar-refractivity contribution in [3.05, 3.63) is 42.1 Å². The average Bonchev–Trinajstić information content (AvgIpc) is 3.52. The van der Waals surface area contributed by atoms with Gasteiger partial charge in [0.25, 0.3) is 5.88 Å². The molecule has 0 aliphatic carbocycles. The van der Waals surface area contributed by atoms with Gasteiger partial charge in [0.2, 0.25) is 11.6 Å². The molecule has 44 heavy (non-hydrogen) atoms. The minimum Gasteiger partial charge on any atom is -0.460 e. The molecule has 3 aromatic heterocycles. The van der Waals surface area contributed by atoms with Crippen molar-refractivity contribution < 1.29 is 32.6 Å². The molecule has 4 rings (SSSR count). The van der Waals surface area contributed by atoms with Gasteiger partial charge in [0.15, 0.2) is 5.82 Å². The predicted molar refractivity (Wildman–Crippen MR) is 149 cm³/mol. The Labute approximate surface area is 250 Å². The summed E-state index contributed by atoms with van der Waals surface area (Å²) >= 11 is 0. The van der Waals surface area contributed by atoms with Gasteiger partial charge in [-0.25, -0.2) is 18.6 Å². The Bertz CT molecular complexity index is 1610. The molecular formula is C27H32F2N10O5. The van der Waals surface area contributed by atoms with Gasteiger partial charge in [-0.1, -0.05) is 0 Å². The first-order chi connectivity index (χ1) is 20.5. The molecular weight excluding hydrogens is 582 g/mol. The molecule has 0 saturated heterocycles. The SMILES string of the molecule is Cn1nnc(-c2cnc(Oc3ccc(-c4nnn(C[C@H](CC(=O)OC(C)(C)C)NC(=O)OC(C)(C)C)n4)c(F)c3)c(F)c2)n1. The van der Waals surface area contributed by atoms with Crippen molar-refractivity contribution in [2.45, 2.75) is 71.8 Å². The van der Waals surface area contributed by atoms with Crippen molar-refractivity contribution in [1.29, 1.82) is 0 Å². The maximum atomic E-state index is 15.1. The van der Waals surface area contributed by atoms with Crippen LogP contribution in [0.5, 0.6) is 11.6 Å². The highest BCUT2D eigenvalue weighted by molar-refractivity contribution is 5.73. The van der Waals surface area contributed by atoms with Crippen molar-refractivity contribution in [2.75, 3.05) is 0 Å². The summed E-state index contributed by atoms with van der Waals surface area (Å²) in [6.07, 6.45) is 0.337. The monoisotopic (exact) mass is 614 g/mol. The number of esters is 1. The Hall–Kier alpha value is -5.09. The molecule has 0 aliphatic rings. The van der Waals surface area contributed by atoms with Crippen molar-refractivity contribution in [3.8, 4) is 34.4 Å². The van der Waals surface area contributed by atoms with E-state index in [0.29, 0.717) is 0 Å². The van der Waals surface area contributed by atoms with Crippen LogP contribution in [0.1, 0.15) is 48.0 Å². The molecule has 1 N–H and O–H groups in total. The molecule has 3 heterocycles. The predicted octanol–water partition coefficient (Wildman–Crippen LogP) is 3.62. The Balaban J connectivity index is 1.46. The van der Waals surface area contributed by atoms with Crippen molar-refractivity contribution >= 4 is 12.1 Å². The zero-order valence-corrected chi connectivity index (χ0v) is 25.2. The van der Waals surface area contributed by atoms with Gasteiger partial charge in [-0.15, -0.1) is 20.4 Å². The number of rotatable bonds is 9. The molecule has 234 valence electrons. The van der Waals surface area contributed by atoms with Crippen LogP contribution in [0.15, 0.2) is 30.5 Å². The molecule has 1 amide bonds. The molecule has 0 saturated carbocycles. The number of pyridine rings is 1. The van der Waals surface area contributed by atoms with Crippen molar-refractivity contribution in [3.63, 3.8) is 0 Å². The number of tetrazole rings is 2. The number of nitrogens with one attached hydrogen (secondary N) is 1. The Morgan fingerprint density at radius 1 is 0.932 bits per heavy atom. The molecule has 17 heteroatoms. The third-order valence-corrected chi connectivity index (χ3v) is 5.36. The van der Waals surface area contributed by atoms with Crippen LogP contribution in [-0.2, 0) is 27.9 Å². The number of hydrogen-bond donors (Lipinski definition) is 1. The molecule has 0 radical (unpaired) electrons. The normalized spacial score (nSPS) is 12.5. The summed E-state index contributed by atoms with van der Waals surface area (Å²) in [5.74, 6) is -2.47. The Morgan fingerprint density at radius 3 is 2.25 bits per heavy atom. The third-order valence-electron chi connectivity index (χ3n) is 5.36. The van der Waals surface area contributed by atoms with Gasteiger partial charge >= 0.3 is 12.1 Å². The number of hydrogen-bond acceptors (Lipinski definition) is 12. The topological polar surface area (TPSA) is 174 Å². The number of carbonyl (C=O) groups is 2. The van der Waals surface area contributed by atoms with E-state index < -0.39 is 40.9 Å². The maximum absolute atomic E-state index is 15.1. The first kappa shape index (κ1) is 31.8. The van der Waals surface area contributed by atoms with Crippen molar-refractivity contribution in [1.82, 2.24) is 50.7 Å². The van der Waals surface area contributed by atoms with Gasteiger partial charge in [-0.05, 0) is 70.2 Å². The first-order valence-corrected chi connectivity index (χ1v) is 13.4. The lowest BCUT2D eigenvalue weighted by molar-refractivity contribution is -0.155. The minimum atomic E-state index is -0.833. The van der Waals surface area contributed by atoms with E-state index in [9.17, 15) is 14.0 Å². The van der Waals surface area contributed by atoms with Crippen LogP contribution in [0.2, 0.25) is 0 Å². The Kier molecular flexibility index (Phi) is 9.15. The van der Waals surface area contributed by atoms with Crippen LogP contribution >= 0.6 is 0 Å². The first-order valence-electron chi connectivity index (χ1n) is 13.4. The fourth-order valence-corrected chi connectivity index (χ4v) is 3.72. The average molecular weight is 615 g/mol. The summed E-state index contributed by atoms with van der Waals surface area (Å²) < 4.78 is 45.8. The van der Waals surface area contributed by atoms with E-state index in [1.165, 1.54) is 23.1 Å². The number of halogens is 2. The highest BCUT2D eigenvalue weighted by Crippen LogP contribution is 2.28. The number of alkyl carbamates (subject to hydrolysis) is 1. The Morgan fingerprint density at radius 2 is 1.64 bits per heavy atom. The van der Waals surface area contributed by atoms with Gasteiger partial charge in [0.1, 0.15) is 22.8 Å². The molecule has 0 unspecified atom stereocenters. The fraction of sp³-hybridized carbons (Fsp3) is 0.444. The van der Waals surface area contributed by atoms with E-state index in [1.807, 2.05) is 0 Å². The van der Waals surface area contributed by atoms with Gasteiger partial charge in [-0.3, -0.25) is 4.79 Å². The minimum absolute atomic E-state index is 0.0232. The number of benzene rings is 1. The van der Waals surface area contributed by atoms with Gasteiger partial charge in [0, 0.05) is 17.8 Å². The van der Waals surface area contributed by atoms with E-state index in [0.717, 1.165) is 16.9 Å². The van der Waals surface area contributed by atoms with E-state index >= 15 is 4.39 Å². The number of amides is 1. The number of carbonyl (C=O) groups excluding carboxylic acids is 2. The van der Waals surface area contributed by atoms with Crippen LogP contribution in [0.25, 0.3) is 22.8 Å². The van der Waals surface area contributed by atoms with Crippen LogP contribution in [-0.4, -0.2) is 74.7 Å². The van der Waals surface area contributed by atoms with E-state index in [2.05, 4.69) is 41.1 Å². The second-order valence-electron chi connectivity index (χ2n) is 11.7. The maximum Gasteiger partial charge on any atom is 0.407 e. The summed E-state index contributed by atoms with van der Waals surface area (Å²) in [6.45, 7) is 10.2. The lowest BCUT2D eigenvalue weighted by Crippen LogP contribution is -2.43. The largest absolute Gasteiger partial charge is 0.460 e. The van der Waals surface area contributed by atoms with Gasteiger partial charge in [0.05, 0.1) is 31.6 Å². The highest BCUT2D eigenvalue weighted by atomic mass is 19.1. The van der Waals surface area contributed by atoms with Crippen LogP contribution in [0, 0.1) is 11.6 Å². The zero-order chi connectivity index (χ0) is 32.2. The quantitative estimate of drug-likeness (QED) is 0.272. The van der Waals surface area contributed by atoms with Gasteiger partial charge < -0.3 is 19.5 Å². The highest BCUT2D eigenvalue weighted by Gasteiger charge is 2.26. The summed E-state index contributed by atoms with van der Waals surface area (Å²) in [7, 11) is 1.57. The second kappa shape index (κ2) is 12.6. The lowest BCUT2D eigenvalue weighted by atomic mass is 10.1. The molecule has 0 bridgehead atoms. The lowest BCUT2D eigenvalue weighted by Gasteiger charge is -2.24. The van der Waals surface area contributed by atoms with Crippen LogP contribution in [0.4, 0.5) is 13.6 Å². The van der Waals surface area contributed by atoms with E-state index in [1.54, 1.807) is 48.6 Å². The summed E-state index contributed by atoms with van der Waals surface area (Å²) in [6, 6.07) is 4.03. The van der Waals surface area contributed by atoms with E-state index in [-0.39, 0.29) is 47.4 Å². The van der Waals surface area contributed by atoms with E-state index in [4.69, 9.17) is 14.2 Å². The number of aromatic nitrogens is 9. The molecule has 0 aliphatic heterocycles. The molecule has 1 aromatic carbocycles. The smallest absolute Gasteiger partial charge is 0.407 e. The summed E-state index contributed by atoms with van der Waals surface area (Å²) in [4.78, 5) is 31.2.